The fraction of sp³-hybridized carbons (Fsp3) is 0.286. The van der Waals surface area contributed by atoms with Gasteiger partial charge in [-0.05, 0) is 24.6 Å². The Hall–Kier alpha value is -2.01. The molecule has 1 aromatic heterocycles. The molecule has 0 unspecified atom stereocenters. The van der Waals surface area contributed by atoms with Gasteiger partial charge in [0.2, 0.25) is 0 Å². The van der Waals surface area contributed by atoms with Gasteiger partial charge < -0.3 is 11.1 Å². The molecule has 1 aromatic carbocycles. The maximum absolute atomic E-state index is 12.1. The van der Waals surface area contributed by atoms with Crippen molar-refractivity contribution in [3.8, 4) is 0 Å². The van der Waals surface area contributed by atoms with E-state index in [9.17, 15) is 4.79 Å². The number of rotatable bonds is 4. The highest BCUT2D eigenvalue weighted by molar-refractivity contribution is 6.31. The van der Waals surface area contributed by atoms with Gasteiger partial charge >= 0.3 is 0 Å². The first-order valence-electron chi connectivity index (χ1n) is 6.36. The Labute approximate surface area is 122 Å². The van der Waals surface area contributed by atoms with Crippen molar-refractivity contribution >= 4 is 23.2 Å². The Kier molecular flexibility index (Phi) is 4.29. The van der Waals surface area contributed by atoms with Crippen molar-refractivity contribution in [3.63, 3.8) is 0 Å². The van der Waals surface area contributed by atoms with E-state index in [0.717, 1.165) is 17.7 Å². The summed E-state index contributed by atoms with van der Waals surface area (Å²) in [4.78, 5) is 12.1. The smallest absolute Gasteiger partial charge is 0.253 e. The molecule has 5 nitrogen and oxygen atoms in total. The van der Waals surface area contributed by atoms with Gasteiger partial charge in [0.25, 0.3) is 5.91 Å². The molecular formula is C14H17ClN4O. The summed E-state index contributed by atoms with van der Waals surface area (Å²) in [6.45, 7) is 2.46. The zero-order chi connectivity index (χ0) is 14.7. The summed E-state index contributed by atoms with van der Waals surface area (Å²) < 4.78 is 1.75. The number of benzene rings is 1. The van der Waals surface area contributed by atoms with E-state index in [1.165, 1.54) is 0 Å². The first kappa shape index (κ1) is 14.4. The highest BCUT2D eigenvalue weighted by atomic mass is 35.5. The van der Waals surface area contributed by atoms with Crippen LogP contribution in [-0.2, 0) is 20.0 Å². The minimum absolute atomic E-state index is 0.218. The van der Waals surface area contributed by atoms with E-state index in [1.807, 2.05) is 20.2 Å². The average Bonchev–Trinajstić information content (AvgIpc) is 2.76. The molecular weight excluding hydrogens is 276 g/mol. The molecule has 20 heavy (non-hydrogen) atoms. The van der Waals surface area contributed by atoms with Crippen LogP contribution in [0.4, 0.5) is 5.69 Å². The lowest BCUT2D eigenvalue weighted by molar-refractivity contribution is 0.0951. The Balaban J connectivity index is 2.08. The Morgan fingerprint density at radius 2 is 2.25 bits per heavy atom. The Morgan fingerprint density at radius 1 is 1.50 bits per heavy atom. The lowest BCUT2D eigenvalue weighted by Gasteiger charge is -2.07. The van der Waals surface area contributed by atoms with Crippen LogP contribution < -0.4 is 11.1 Å². The lowest BCUT2D eigenvalue weighted by Crippen LogP contribution is -2.24. The molecule has 106 valence electrons. The second-order valence-corrected chi connectivity index (χ2v) is 4.98. The molecule has 0 aliphatic carbocycles. The van der Waals surface area contributed by atoms with Gasteiger partial charge in [-0.25, -0.2) is 0 Å². The molecule has 0 radical (unpaired) electrons. The van der Waals surface area contributed by atoms with Crippen molar-refractivity contribution < 1.29 is 4.79 Å². The van der Waals surface area contributed by atoms with Crippen molar-refractivity contribution in [2.45, 2.75) is 19.9 Å². The molecule has 2 rings (SSSR count). The lowest BCUT2D eigenvalue weighted by atomic mass is 10.1. The fourth-order valence-corrected chi connectivity index (χ4v) is 2.22. The minimum Gasteiger partial charge on any atom is -0.398 e. The Bertz CT molecular complexity index is 636. The molecule has 0 aliphatic heterocycles. The number of nitrogens with one attached hydrogen (secondary N) is 1. The predicted octanol–water partition coefficient (Wildman–Crippen LogP) is 2.15. The highest BCUT2D eigenvalue weighted by Crippen LogP contribution is 2.18. The maximum Gasteiger partial charge on any atom is 0.253 e. The number of carbonyl (C=O) groups is 1. The molecule has 1 heterocycles. The average molecular weight is 293 g/mol. The SMILES string of the molecule is CCc1nn(C)cc1CNC(=O)c1ccc(Cl)cc1N. The van der Waals surface area contributed by atoms with Crippen molar-refractivity contribution in [2.24, 2.45) is 7.05 Å². The minimum atomic E-state index is -0.218. The van der Waals surface area contributed by atoms with Gasteiger partial charge in [0.1, 0.15) is 0 Å². The number of nitrogens with two attached hydrogens (primary N) is 1. The van der Waals surface area contributed by atoms with Crippen LogP contribution in [0.3, 0.4) is 0 Å². The van der Waals surface area contributed by atoms with Crippen LogP contribution >= 0.6 is 11.6 Å². The first-order chi connectivity index (χ1) is 9.51. The standard InChI is InChI=1S/C14H17ClN4O/c1-3-13-9(8-19(2)18-13)7-17-14(20)11-5-4-10(15)6-12(11)16/h4-6,8H,3,7,16H2,1-2H3,(H,17,20). The highest BCUT2D eigenvalue weighted by Gasteiger charge is 2.11. The van der Waals surface area contributed by atoms with Gasteiger partial charge in [0, 0.05) is 36.1 Å². The molecule has 0 fully saturated rings. The Morgan fingerprint density at radius 3 is 2.90 bits per heavy atom. The van der Waals surface area contributed by atoms with E-state index >= 15 is 0 Å². The predicted molar refractivity (Wildman–Crippen MR) is 79.6 cm³/mol. The van der Waals surface area contributed by atoms with Crippen LogP contribution in [0.2, 0.25) is 5.02 Å². The van der Waals surface area contributed by atoms with Crippen molar-refractivity contribution in [1.82, 2.24) is 15.1 Å². The number of amides is 1. The molecule has 0 bridgehead atoms. The van der Waals surface area contributed by atoms with Gasteiger partial charge in [0.15, 0.2) is 0 Å². The van der Waals surface area contributed by atoms with Crippen LogP contribution in [0.1, 0.15) is 28.5 Å². The van der Waals surface area contributed by atoms with Crippen LogP contribution in [-0.4, -0.2) is 15.7 Å². The van der Waals surface area contributed by atoms with E-state index in [1.54, 1.807) is 22.9 Å². The zero-order valence-electron chi connectivity index (χ0n) is 11.5. The summed E-state index contributed by atoms with van der Waals surface area (Å²) >= 11 is 5.81. The molecule has 0 saturated carbocycles. The number of hydrogen-bond donors (Lipinski definition) is 2. The first-order valence-corrected chi connectivity index (χ1v) is 6.73. The molecule has 0 spiro atoms. The number of anilines is 1. The number of halogens is 1. The summed E-state index contributed by atoms with van der Waals surface area (Å²) in [6, 6.07) is 4.84. The van der Waals surface area contributed by atoms with Gasteiger partial charge in [-0.2, -0.15) is 5.10 Å². The quantitative estimate of drug-likeness (QED) is 0.848. The summed E-state index contributed by atoms with van der Waals surface area (Å²) in [5, 5.41) is 7.69. The molecule has 0 saturated heterocycles. The van der Waals surface area contributed by atoms with Gasteiger partial charge in [0.05, 0.1) is 11.3 Å². The molecule has 2 aromatic rings. The number of aromatic nitrogens is 2. The largest absolute Gasteiger partial charge is 0.398 e. The zero-order valence-corrected chi connectivity index (χ0v) is 12.2. The van der Waals surface area contributed by atoms with E-state index in [-0.39, 0.29) is 5.91 Å². The van der Waals surface area contributed by atoms with Crippen molar-refractivity contribution in [1.29, 1.82) is 0 Å². The molecule has 1 amide bonds. The number of carbonyl (C=O) groups excluding carboxylic acids is 1. The van der Waals surface area contributed by atoms with E-state index < -0.39 is 0 Å². The summed E-state index contributed by atoms with van der Waals surface area (Å²) in [5.41, 5.74) is 8.58. The van der Waals surface area contributed by atoms with Crippen LogP contribution in [0.25, 0.3) is 0 Å². The molecule has 3 N–H and O–H groups in total. The van der Waals surface area contributed by atoms with Crippen LogP contribution in [0, 0.1) is 0 Å². The third-order valence-electron chi connectivity index (χ3n) is 3.02. The second-order valence-electron chi connectivity index (χ2n) is 4.54. The number of nitrogens with zero attached hydrogens (tertiary/aromatic N) is 2. The summed E-state index contributed by atoms with van der Waals surface area (Å²) in [6.07, 6.45) is 2.74. The molecule has 0 atom stereocenters. The van der Waals surface area contributed by atoms with E-state index in [0.29, 0.717) is 22.8 Å². The van der Waals surface area contributed by atoms with Crippen molar-refractivity contribution in [3.05, 3.63) is 46.2 Å². The normalized spacial score (nSPS) is 10.6. The van der Waals surface area contributed by atoms with Gasteiger partial charge in [-0.1, -0.05) is 18.5 Å². The fourth-order valence-electron chi connectivity index (χ4n) is 2.04. The number of aryl methyl sites for hydroxylation is 2. The third kappa shape index (κ3) is 3.11. The second kappa shape index (κ2) is 5.96. The monoisotopic (exact) mass is 292 g/mol. The number of hydrogen-bond acceptors (Lipinski definition) is 3. The van der Waals surface area contributed by atoms with E-state index in [2.05, 4.69) is 10.4 Å². The van der Waals surface area contributed by atoms with E-state index in [4.69, 9.17) is 17.3 Å². The van der Waals surface area contributed by atoms with Crippen molar-refractivity contribution in [2.75, 3.05) is 5.73 Å². The molecule has 0 aliphatic rings. The van der Waals surface area contributed by atoms with Crippen LogP contribution in [0.15, 0.2) is 24.4 Å². The molecule has 6 heteroatoms. The topological polar surface area (TPSA) is 72.9 Å². The van der Waals surface area contributed by atoms with Gasteiger partial charge in [-0.3, -0.25) is 9.48 Å². The maximum atomic E-state index is 12.1. The van der Waals surface area contributed by atoms with Gasteiger partial charge in [-0.15, -0.1) is 0 Å². The number of nitrogen functional groups attached to an aromatic ring is 1. The third-order valence-corrected chi connectivity index (χ3v) is 3.26. The summed E-state index contributed by atoms with van der Waals surface area (Å²) in [7, 11) is 1.86. The van der Waals surface area contributed by atoms with Crippen LogP contribution in [0.5, 0.6) is 0 Å². The summed E-state index contributed by atoms with van der Waals surface area (Å²) in [5.74, 6) is -0.218.